The lowest BCUT2D eigenvalue weighted by atomic mass is 9.98. The van der Waals surface area contributed by atoms with Gasteiger partial charge in [-0.15, -0.1) is 10.2 Å². The largest absolute Gasteiger partial charge is 0.416 e. The normalized spacial score (nSPS) is 13.1. The zero-order valence-electron chi connectivity index (χ0n) is 15.4. The van der Waals surface area contributed by atoms with Crippen molar-refractivity contribution in [2.45, 2.75) is 36.7 Å². The second-order valence-corrected chi connectivity index (χ2v) is 8.46. The topological polar surface area (TPSA) is 68.0 Å². The molecule has 146 valence electrons. The van der Waals surface area contributed by atoms with Crippen LogP contribution in [0.5, 0.6) is 0 Å². The summed E-state index contributed by atoms with van der Waals surface area (Å²) in [6.45, 7) is 3.88. The van der Waals surface area contributed by atoms with E-state index in [1.807, 2.05) is 18.2 Å². The fraction of sp³-hybridized carbons (Fsp3) is 0.250. The minimum absolute atomic E-state index is 0.194. The van der Waals surface area contributed by atoms with Gasteiger partial charge >= 0.3 is 0 Å². The van der Waals surface area contributed by atoms with Crippen molar-refractivity contribution in [1.82, 2.24) is 10.2 Å². The van der Waals surface area contributed by atoms with E-state index in [4.69, 9.17) is 27.6 Å². The van der Waals surface area contributed by atoms with E-state index in [1.54, 1.807) is 25.1 Å². The number of aromatic nitrogens is 2. The molecular formula is C20H19Cl2N3O2S. The van der Waals surface area contributed by atoms with Gasteiger partial charge in [0, 0.05) is 12.1 Å². The average molecular weight is 436 g/mol. The zero-order chi connectivity index (χ0) is 20.1. The zero-order valence-corrected chi connectivity index (χ0v) is 17.7. The highest BCUT2D eigenvalue weighted by molar-refractivity contribution is 8.00. The lowest BCUT2D eigenvalue weighted by Gasteiger charge is -2.10. The third-order valence-electron chi connectivity index (χ3n) is 4.13. The Kier molecular flexibility index (Phi) is 6.99. The molecule has 2 atom stereocenters. The SMILES string of the molecule is CC(Sc1nnc(CC(C)c2ccccc2)o1)C(=O)Nc1ccc(Cl)c(Cl)c1. The maximum atomic E-state index is 12.4. The van der Waals surface area contributed by atoms with E-state index < -0.39 is 5.25 Å². The molecule has 2 unspecified atom stereocenters. The summed E-state index contributed by atoms with van der Waals surface area (Å²) in [6.07, 6.45) is 0.640. The Bertz CT molecular complexity index is 950. The van der Waals surface area contributed by atoms with Crippen LogP contribution in [0.1, 0.15) is 31.2 Å². The van der Waals surface area contributed by atoms with Crippen LogP contribution in [0.3, 0.4) is 0 Å². The first-order valence-corrected chi connectivity index (χ1v) is 10.4. The standard InChI is InChI=1S/C20H19Cl2N3O2S/c1-12(14-6-4-3-5-7-14)10-18-24-25-20(27-18)28-13(2)19(26)23-15-8-9-16(21)17(22)11-15/h3-9,11-13H,10H2,1-2H3,(H,23,26). The lowest BCUT2D eigenvalue weighted by molar-refractivity contribution is -0.115. The highest BCUT2D eigenvalue weighted by Gasteiger charge is 2.19. The maximum Gasteiger partial charge on any atom is 0.277 e. The molecule has 1 amide bonds. The van der Waals surface area contributed by atoms with Crippen LogP contribution in [0.2, 0.25) is 10.0 Å². The molecule has 0 aliphatic rings. The second-order valence-electron chi connectivity index (χ2n) is 6.36. The van der Waals surface area contributed by atoms with Crippen LogP contribution in [-0.2, 0) is 11.2 Å². The molecule has 1 aromatic heterocycles. The Morgan fingerprint density at radius 3 is 2.57 bits per heavy atom. The van der Waals surface area contributed by atoms with E-state index in [2.05, 4.69) is 34.6 Å². The van der Waals surface area contributed by atoms with E-state index in [0.717, 1.165) is 0 Å². The van der Waals surface area contributed by atoms with E-state index in [9.17, 15) is 4.79 Å². The first kappa shape index (κ1) is 20.7. The van der Waals surface area contributed by atoms with E-state index in [1.165, 1.54) is 17.3 Å². The minimum atomic E-state index is -0.422. The molecule has 0 aliphatic carbocycles. The second kappa shape index (κ2) is 9.45. The van der Waals surface area contributed by atoms with Gasteiger partial charge in [0.2, 0.25) is 11.8 Å². The van der Waals surface area contributed by atoms with Crippen molar-refractivity contribution < 1.29 is 9.21 Å². The summed E-state index contributed by atoms with van der Waals surface area (Å²) in [6, 6.07) is 15.1. The summed E-state index contributed by atoms with van der Waals surface area (Å²) in [5.74, 6) is 0.617. The number of carbonyl (C=O) groups is 1. The maximum absolute atomic E-state index is 12.4. The molecule has 8 heteroatoms. The Hall–Kier alpha value is -2.02. The monoisotopic (exact) mass is 435 g/mol. The fourth-order valence-corrected chi connectivity index (χ4v) is 3.55. The molecule has 0 bridgehead atoms. The Morgan fingerprint density at radius 2 is 1.86 bits per heavy atom. The highest BCUT2D eigenvalue weighted by atomic mass is 35.5. The summed E-state index contributed by atoms with van der Waals surface area (Å²) >= 11 is 13.1. The first-order chi connectivity index (χ1) is 13.4. The number of nitrogens with zero attached hydrogens (tertiary/aromatic N) is 2. The summed E-state index contributed by atoms with van der Waals surface area (Å²) in [7, 11) is 0. The smallest absolute Gasteiger partial charge is 0.277 e. The molecular weight excluding hydrogens is 417 g/mol. The molecule has 1 heterocycles. The number of thioether (sulfide) groups is 1. The third-order valence-corrected chi connectivity index (χ3v) is 5.80. The van der Waals surface area contributed by atoms with Crippen molar-refractivity contribution in [1.29, 1.82) is 0 Å². The molecule has 3 rings (SSSR count). The van der Waals surface area contributed by atoms with Crippen molar-refractivity contribution in [3.05, 3.63) is 70.0 Å². The van der Waals surface area contributed by atoms with Crippen LogP contribution in [0.15, 0.2) is 58.2 Å². The minimum Gasteiger partial charge on any atom is -0.416 e. The molecule has 0 fully saturated rings. The van der Waals surface area contributed by atoms with E-state index in [-0.39, 0.29) is 11.8 Å². The quantitative estimate of drug-likeness (QED) is 0.471. The number of nitrogens with one attached hydrogen (secondary N) is 1. The number of hydrogen-bond acceptors (Lipinski definition) is 5. The average Bonchev–Trinajstić information content (AvgIpc) is 3.12. The fourth-order valence-electron chi connectivity index (χ4n) is 2.55. The number of hydrogen-bond donors (Lipinski definition) is 1. The molecule has 28 heavy (non-hydrogen) atoms. The number of benzene rings is 2. The number of carbonyl (C=O) groups excluding carboxylic acids is 1. The highest BCUT2D eigenvalue weighted by Crippen LogP contribution is 2.27. The van der Waals surface area contributed by atoms with Gasteiger partial charge in [0.1, 0.15) is 0 Å². The molecule has 2 aromatic carbocycles. The van der Waals surface area contributed by atoms with Crippen molar-refractivity contribution >= 4 is 46.6 Å². The van der Waals surface area contributed by atoms with Crippen molar-refractivity contribution in [2.24, 2.45) is 0 Å². The van der Waals surface area contributed by atoms with E-state index >= 15 is 0 Å². The van der Waals surface area contributed by atoms with Gasteiger partial charge in [-0.25, -0.2) is 0 Å². The molecule has 0 saturated heterocycles. The van der Waals surface area contributed by atoms with Gasteiger partial charge in [-0.2, -0.15) is 0 Å². The first-order valence-electron chi connectivity index (χ1n) is 8.72. The molecule has 0 spiro atoms. The lowest BCUT2D eigenvalue weighted by Crippen LogP contribution is -2.22. The Balaban J connectivity index is 1.56. The van der Waals surface area contributed by atoms with Gasteiger partial charge in [0.05, 0.1) is 15.3 Å². The van der Waals surface area contributed by atoms with Crippen LogP contribution in [0.4, 0.5) is 5.69 Å². The molecule has 0 radical (unpaired) electrons. The summed E-state index contributed by atoms with van der Waals surface area (Å²) in [5.41, 5.74) is 1.79. The summed E-state index contributed by atoms with van der Waals surface area (Å²) in [4.78, 5) is 12.4. The van der Waals surface area contributed by atoms with Gasteiger partial charge in [0.15, 0.2) is 0 Å². The molecule has 5 nitrogen and oxygen atoms in total. The molecule has 3 aromatic rings. The molecule has 1 N–H and O–H groups in total. The predicted octanol–water partition coefficient (Wildman–Crippen LogP) is 5.84. The van der Waals surface area contributed by atoms with Crippen LogP contribution < -0.4 is 5.32 Å². The summed E-state index contributed by atoms with van der Waals surface area (Å²) < 4.78 is 5.70. The van der Waals surface area contributed by atoms with Crippen LogP contribution in [0, 0.1) is 0 Å². The summed E-state index contributed by atoms with van der Waals surface area (Å²) in [5, 5.41) is 11.7. The molecule has 0 aliphatic heterocycles. The third kappa shape index (κ3) is 5.50. The van der Waals surface area contributed by atoms with Crippen molar-refractivity contribution in [2.75, 3.05) is 5.32 Å². The Labute approximate surface area is 177 Å². The number of amides is 1. The van der Waals surface area contributed by atoms with E-state index in [0.29, 0.717) is 33.3 Å². The number of halogens is 2. The van der Waals surface area contributed by atoms with Gasteiger partial charge in [-0.05, 0) is 36.6 Å². The van der Waals surface area contributed by atoms with Gasteiger partial charge in [-0.1, -0.05) is 72.2 Å². The number of rotatable bonds is 7. The molecule has 0 saturated carbocycles. The van der Waals surface area contributed by atoms with Crippen LogP contribution in [-0.4, -0.2) is 21.4 Å². The van der Waals surface area contributed by atoms with Gasteiger partial charge in [-0.3, -0.25) is 4.79 Å². The van der Waals surface area contributed by atoms with Gasteiger partial charge < -0.3 is 9.73 Å². The number of anilines is 1. The predicted molar refractivity (Wildman–Crippen MR) is 113 cm³/mol. The van der Waals surface area contributed by atoms with Crippen molar-refractivity contribution in [3.63, 3.8) is 0 Å². The van der Waals surface area contributed by atoms with Crippen LogP contribution in [0.25, 0.3) is 0 Å². The Morgan fingerprint density at radius 1 is 1.11 bits per heavy atom. The van der Waals surface area contributed by atoms with Crippen molar-refractivity contribution in [3.8, 4) is 0 Å². The van der Waals surface area contributed by atoms with Crippen LogP contribution >= 0.6 is 35.0 Å². The van der Waals surface area contributed by atoms with Gasteiger partial charge in [0.25, 0.3) is 5.22 Å².